The molecule has 0 amide bonds. The fraction of sp³-hybridized carbons (Fsp3) is 0.417. The maximum Gasteiger partial charge on any atom is 0.337 e. The first-order valence-electron chi connectivity index (χ1n) is 5.26. The van der Waals surface area contributed by atoms with Gasteiger partial charge in [-0.25, -0.2) is 4.79 Å². The Bertz CT molecular complexity index is 405. The van der Waals surface area contributed by atoms with Gasteiger partial charge < -0.3 is 20.7 Å². The fourth-order valence-corrected chi connectivity index (χ4v) is 1.59. The molecule has 0 radical (unpaired) electrons. The first-order valence-corrected chi connectivity index (χ1v) is 5.26. The van der Waals surface area contributed by atoms with Crippen LogP contribution in [-0.2, 0) is 4.74 Å². The van der Waals surface area contributed by atoms with E-state index >= 15 is 0 Å². The molecule has 4 N–H and O–H groups in total. The van der Waals surface area contributed by atoms with Crippen LogP contribution < -0.4 is 5.73 Å². The van der Waals surface area contributed by atoms with Crippen LogP contribution in [0.5, 0.6) is 0 Å². The Kier molecular flexibility index (Phi) is 4.62. The van der Waals surface area contributed by atoms with Crippen LogP contribution in [0.1, 0.15) is 27.6 Å². The van der Waals surface area contributed by atoms with Gasteiger partial charge in [-0.3, -0.25) is 0 Å². The number of ether oxygens (including phenoxy) is 1. The summed E-state index contributed by atoms with van der Waals surface area (Å²) < 4.78 is 4.59. The van der Waals surface area contributed by atoms with E-state index in [0.29, 0.717) is 16.7 Å². The van der Waals surface area contributed by atoms with E-state index in [1.165, 1.54) is 7.11 Å². The second-order valence-electron chi connectivity index (χ2n) is 3.81. The number of aryl methyl sites for hydroxylation is 1. The van der Waals surface area contributed by atoms with Crippen molar-refractivity contribution >= 4 is 5.97 Å². The molecule has 2 atom stereocenters. The Balaban J connectivity index is 3.01. The van der Waals surface area contributed by atoms with Crippen LogP contribution in [0, 0.1) is 6.92 Å². The van der Waals surface area contributed by atoms with Gasteiger partial charge in [-0.2, -0.15) is 0 Å². The van der Waals surface area contributed by atoms with E-state index in [9.17, 15) is 15.0 Å². The number of hydrogen-bond donors (Lipinski definition) is 3. The van der Waals surface area contributed by atoms with E-state index in [2.05, 4.69) is 4.74 Å². The number of carbonyl (C=O) groups excluding carboxylic acids is 1. The van der Waals surface area contributed by atoms with Gasteiger partial charge in [0.05, 0.1) is 18.8 Å². The van der Waals surface area contributed by atoms with Crippen LogP contribution in [0.25, 0.3) is 0 Å². The first-order chi connectivity index (χ1) is 8.01. The molecule has 0 saturated carbocycles. The summed E-state index contributed by atoms with van der Waals surface area (Å²) in [5, 5.41) is 19.3. The van der Waals surface area contributed by atoms with Crippen LogP contribution in [-0.4, -0.2) is 35.9 Å². The molecule has 17 heavy (non-hydrogen) atoms. The Morgan fingerprint density at radius 3 is 2.59 bits per heavy atom. The van der Waals surface area contributed by atoms with Crippen molar-refractivity contribution in [3.63, 3.8) is 0 Å². The maximum atomic E-state index is 11.3. The number of carbonyl (C=O) groups is 1. The van der Waals surface area contributed by atoms with Crippen molar-refractivity contribution in [2.75, 3.05) is 13.7 Å². The van der Waals surface area contributed by atoms with Crippen molar-refractivity contribution in [3.05, 3.63) is 34.9 Å². The Labute approximate surface area is 99.8 Å². The van der Waals surface area contributed by atoms with E-state index in [4.69, 9.17) is 5.73 Å². The zero-order valence-corrected chi connectivity index (χ0v) is 9.88. The van der Waals surface area contributed by atoms with Gasteiger partial charge in [0.25, 0.3) is 0 Å². The summed E-state index contributed by atoms with van der Waals surface area (Å²) in [6, 6.07) is 4.74. The first kappa shape index (κ1) is 13.6. The van der Waals surface area contributed by atoms with Crippen molar-refractivity contribution in [1.82, 2.24) is 0 Å². The Morgan fingerprint density at radius 1 is 1.47 bits per heavy atom. The normalized spacial score (nSPS) is 14.2. The van der Waals surface area contributed by atoms with Crippen molar-refractivity contribution in [2.45, 2.75) is 19.1 Å². The monoisotopic (exact) mass is 239 g/mol. The number of esters is 1. The number of rotatable bonds is 4. The van der Waals surface area contributed by atoms with E-state index < -0.39 is 18.2 Å². The second kappa shape index (κ2) is 5.77. The van der Waals surface area contributed by atoms with Crippen LogP contribution in [0.3, 0.4) is 0 Å². The highest BCUT2D eigenvalue weighted by Gasteiger charge is 2.19. The van der Waals surface area contributed by atoms with Gasteiger partial charge in [-0.15, -0.1) is 0 Å². The van der Waals surface area contributed by atoms with Gasteiger partial charge in [-0.1, -0.05) is 6.07 Å². The van der Waals surface area contributed by atoms with E-state index in [0.717, 1.165) is 0 Å². The van der Waals surface area contributed by atoms with Crippen molar-refractivity contribution < 1.29 is 19.7 Å². The molecule has 0 aromatic heterocycles. The van der Waals surface area contributed by atoms with Gasteiger partial charge in [0, 0.05) is 6.54 Å². The number of nitrogens with two attached hydrogens (primary N) is 1. The third-order valence-electron chi connectivity index (χ3n) is 2.62. The zero-order valence-electron chi connectivity index (χ0n) is 9.88. The molecule has 0 aliphatic heterocycles. The van der Waals surface area contributed by atoms with Crippen molar-refractivity contribution in [1.29, 1.82) is 0 Å². The minimum Gasteiger partial charge on any atom is -0.465 e. The quantitative estimate of drug-likeness (QED) is 0.650. The lowest BCUT2D eigenvalue weighted by Gasteiger charge is -2.18. The third-order valence-corrected chi connectivity index (χ3v) is 2.62. The average Bonchev–Trinajstić information content (AvgIpc) is 2.35. The summed E-state index contributed by atoms with van der Waals surface area (Å²) in [6.07, 6.45) is -2.07. The Morgan fingerprint density at radius 2 is 2.12 bits per heavy atom. The van der Waals surface area contributed by atoms with Crippen molar-refractivity contribution in [2.24, 2.45) is 5.73 Å². The third kappa shape index (κ3) is 3.03. The van der Waals surface area contributed by atoms with Gasteiger partial charge >= 0.3 is 5.97 Å². The van der Waals surface area contributed by atoms with Crippen LogP contribution in [0.15, 0.2) is 18.2 Å². The van der Waals surface area contributed by atoms with Gasteiger partial charge in [0.1, 0.15) is 6.10 Å². The number of aliphatic hydroxyl groups is 2. The van der Waals surface area contributed by atoms with E-state index in [1.54, 1.807) is 25.1 Å². The number of benzene rings is 1. The smallest absolute Gasteiger partial charge is 0.337 e. The maximum absolute atomic E-state index is 11.3. The average molecular weight is 239 g/mol. The molecular formula is C12H17NO4. The molecular weight excluding hydrogens is 222 g/mol. The molecule has 0 aliphatic rings. The molecule has 1 aromatic rings. The predicted molar refractivity (Wildman–Crippen MR) is 62.5 cm³/mol. The van der Waals surface area contributed by atoms with Gasteiger partial charge in [-0.05, 0) is 30.2 Å². The number of methoxy groups -OCH3 is 1. The van der Waals surface area contributed by atoms with E-state index in [-0.39, 0.29) is 6.54 Å². The van der Waals surface area contributed by atoms with Gasteiger partial charge in [0.2, 0.25) is 0 Å². The summed E-state index contributed by atoms with van der Waals surface area (Å²) in [6.45, 7) is 1.72. The molecule has 0 fully saturated rings. The summed E-state index contributed by atoms with van der Waals surface area (Å²) in [7, 11) is 1.30. The lowest BCUT2D eigenvalue weighted by atomic mass is 9.97. The Hall–Kier alpha value is -1.43. The molecule has 1 aromatic carbocycles. The highest BCUT2D eigenvalue weighted by molar-refractivity contribution is 5.89. The zero-order chi connectivity index (χ0) is 13.0. The van der Waals surface area contributed by atoms with Crippen molar-refractivity contribution in [3.8, 4) is 0 Å². The fourth-order valence-electron chi connectivity index (χ4n) is 1.59. The summed E-state index contributed by atoms with van der Waals surface area (Å²) in [4.78, 5) is 11.3. The lowest BCUT2D eigenvalue weighted by Crippen LogP contribution is -2.27. The van der Waals surface area contributed by atoms with Gasteiger partial charge in [0.15, 0.2) is 0 Å². The molecule has 5 nitrogen and oxygen atoms in total. The second-order valence-corrected chi connectivity index (χ2v) is 3.81. The molecule has 0 saturated heterocycles. The number of hydrogen-bond acceptors (Lipinski definition) is 5. The molecule has 1 rings (SSSR count). The largest absolute Gasteiger partial charge is 0.465 e. The molecule has 5 heteroatoms. The number of aliphatic hydroxyl groups excluding tert-OH is 2. The highest BCUT2D eigenvalue weighted by Crippen LogP contribution is 2.21. The standard InChI is InChI=1S/C12H17NO4/c1-7-5-8(12(16)17-2)3-4-9(7)11(15)10(14)6-13/h3-5,10-11,14-15H,6,13H2,1-2H3. The van der Waals surface area contributed by atoms with Crippen LogP contribution in [0.2, 0.25) is 0 Å². The molecule has 94 valence electrons. The van der Waals surface area contributed by atoms with Crippen LogP contribution in [0.4, 0.5) is 0 Å². The highest BCUT2D eigenvalue weighted by atomic mass is 16.5. The summed E-state index contributed by atoms with van der Waals surface area (Å²) in [5.41, 5.74) is 6.93. The molecule has 0 bridgehead atoms. The lowest BCUT2D eigenvalue weighted by molar-refractivity contribution is 0.0239. The SMILES string of the molecule is COC(=O)c1ccc(C(O)C(O)CN)c(C)c1. The minimum absolute atomic E-state index is 0.0284. The molecule has 0 heterocycles. The summed E-state index contributed by atoms with van der Waals surface area (Å²) in [5.74, 6) is -0.437. The molecule has 0 aliphatic carbocycles. The summed E-state index contributed by atoms with van der Waals surface area (Å²) >= 11 is 0. The molecule has 0 spiro atoms. The van der Waals surface area contributed by atoms with E-state index in [1.807, 2.05) is 0 Å². The van der Waals surface area contributed by atoms with Crippen LogP contribution >= 0.6 is 0 Å². The predicted octanol–water partition coefficient (Wildman–Crippen LogP) is 0.135. The molecule has 2 unspecified atom stereocenters. The topological polar surface area (TPSA) is 92.8 Å². The minimum atomic E-state index is -1.05.